The highest BCUT2D eigenvalue weighted by Crippen LogP contribution is 2.32. The summed E-state index contributed by atoms with van der Waals surface area (Å²) >= 11 is 1.83. The Labute approximate surface area is 132 Å². The third kappa shape index (κ3) is 3.73. The van der Waals surface area contributed by atoms with Crippen molar-refractivity contribution in [2.45, 2.75) is 43.3 Å². The second kappa shape index (κ2) is 6.18. The van der Waals surface area contributed by atoms with Crippen LogP contribution in [0.2, 0.25) is 0 Å². The Morgan fingerprint density at radius 2 is 2.05 bits per heavy atom. The zero-order chi connectivity index (χ0) is 15.7. The largest absolute Gasteiger partial charge is 0.398 e. The van der Waals surface area contributed by atoms with Gasteiger partial charge in [0.05, 0.1) is 4.90 Å². The molecular formula is C15H24N2O2S2. The zero-order valence-corrected chi connectivity index (χ0v) is 14.6. The number of hydrogen-bond acceptors (Lipinski definition) is 4. The topological polar surface area (TPSA) is 63.4 Å². The van der Waals surface area contributed by atoms with E-state index in [9.17, 15) is 8.42 Å². The van der Waals surface area contributed by atoms with E-state index in [0.717, 1.165) is 24.2 Å². The molecule has 0 bridgehead atoms. The van der Waals surface area contributed by atoms with Crippen molar-refractivity contribution in [2.24, 2.45) is 0 Å². The molecule has 1 aromatic rings. The van der Waals surface area contributed by atoms with Gasteiger partial charge in [-0.05, 0) is 30.5 Å². The number of nitrogen functional groups attached to an aromatic ring is 1. The average molecular weight is 329 g/mol. The van der Waals surface area contributed by atoms with Crippen molar-refractivity contribution < 1.29 is 8.42 Å². The van der Waals surface area contributed by atoms with Crippen LogP contribution in [0.1, 0.15) is 32.8 Å². The second-order valence-corrected chi connectivity index (χ2v) is 9.72. The summed E-state index contributed by atoms with van der Waals surface area (Å²) in [6.45, 7) is 7.47. The van der Waals surface area contributed by atoms with E-state index >= 15 is 0 Å². The lowest BCUT2D eigenvalue weighted by atomic mass is 10.1. The van der Waals surface area contributed by atoms with Gasteiger partial charge in [0.1, 0.15) is 0 Å². The third-order valence-corrected chi connectivity index (χ3v) is 7.20. The summed E-state index contributed by atoms with van der Waals surface area (Å²) in [5.41, 5.74) is 7.49. The van der Waals surface area contributed by atoms with Gasteiger partial charge in [-0.2, -0.15) is 16.1 Å². The van der Waals surface area contributed by atoms with Crippen LogP contribution in [0.4, 0.5) is 5.69 Å². The lowest BCUT2D eigenvalue weighted by Crippen LogP contribution is -2.33. The summed E-state index contributed by atoms with van der Waals surface area (Å²) in [5.74, 6) is 0.828. The van der Waals surface area contributed by atoms with Crippen molar-refractivity contribution >= 4 is 27.5 Å². The third-order valence-electron chi connectivity index (χ3n) is 3.93. The summed E-state index contributed by atoms with van der Waals surface area (Å²) in [6, 6.07) is 5.09. The number of nitrogens with zero attached hydrogens (tertiary/aromatic N) is 1. The molecule has 4 nitrogen and oxygen atoms in total. The lowest BCUT2D eigenvalue weighted by molar-refractivity contribution is 0.415. The second-order valence-electron chi connectivity index (χ2n) is 5.98. The van der Waals surface area contributed by atoms with Crippen LogP contribution in [0, 0.1) is 0 Å². The molecule has 0 aromatic heterocycles. The van der Waals surface area contributed by atoms with Crippen LogP contribution < -0.4 is 5.73 Å². The summed E-state index contributed by atoms with van der Waals surface area (Å²) in [5, 5.41) is 0. The smallest absolute Gasteiger partial charge is 0.243 e. The van der Waals surface area contributed by atoms with E-state index in [2.05, 4.69) is 13.8 Å². The monoisotopic (exact) mass is 328 g/mol. The first kappa shape index (κ1) is 16.6. The van der Waals surface area contributed by atoms with Crippen molar-refractivity contribution in [3.8, 4) is 0 Å². The van der Waals surface area contributed by atoms with E-state index in [0.29, 0.717) is 23.7 Å². The summed E-state index contributed by atoms with van der Waals surface area (Å²) in [4.78, 5) is 0.307. The molecule has 1 aromatic carbocycles. The van der Waals surface area contributed by atoms with Crippen molar-refractivity contribution in [3.05, 3.63) is 23.8 Å². The number of rotatable bonds is 3. The molecule has 1 aliphatic rings. The van der Waals surface area contributed by atoms with Gasteiger partial charge in [-0.25, -0.2) is 8.42 Å². The Hall–Kier alpha value is -0.720. The van der Waals surface area contributed by atoms with Crippen molar-refractivity contribution in [2.75, 3.05) is 24.6 Å². The minimum absolute atomic E-state index is 0.134. The molecule has 2 rings (SSSR count). The first-order valence-electron chi connectivity index (χ1n) is 7.29. The van der Waals surface area contributed by atoms with Gasteiger partial charge < -0.3 is 5.73 Å². The van der Waals surface area contributed by atoms with Gasteiger partial charge >= 0.3 is 0 Å². The first-order chi connectivity index (χ1) is 9.76. The standard InChI is InChI=1S/C15H24N2O2S2/c1-4-12-5-6-13(11-14(12)16)21(18,19)17-8-7-15(2,3)20-10-9-17/h5-6,11H,4,7-10,16H2,1-3H3. The molecule has 0 amide bonds. The molecular weight excluding hydrogens is 304 g/mol. The zero-order valence-electron chi connectivity index (χ0n) is 12.9. The summed E-state index contributed by atoms with van der Waals surface area (Å²) in [6.07, 6.45) is 1.67. The summed E-state index contributed by atoms with van der Waals surface area (Å²) < 4.78 is 27.3. The molecule has 118 valence electrons. The molecule has 0 unspecified atom stereocenters. The Morgan fingerprint density at radius 3 is 2.67 bits per heavy atom. The fraction of sp³-hybridized carbons (Fsp3) is 0.600. The van der Waals surface area contributed by atoms with E-state index in [1.165, 1.54) is 0 Å². The number of aryl methyl sites for hydroxylation is 1. The van der Waals surface area contributed by atoms with E-state index < -0.39 is 10.0 Å². The van der Waals surface area contributed by atoms with Crippen LogP contribution in [0.3, 0.4) is 0 Å². The van der Waals surface area contributed by atoms with Gasteiger partial charge in [0.25, 0.3) is 0 Å². The van der Waals surface area contributed by atoms with E-state index in [-0.39, 0.29) is 4.75 Å². The van der Waals surface area contributed by atoms with Gasteiger partial charge in [0.15, 0.2) is 0 Å². The van der Waals surface area contributed by atoms with Crippen LogP contribution in [0.5, 0.6) is 0 Å². The number of thioether (sulfide) groups is 1. The van der Waals surface area contributed by atoms with Gasteiger partial charge in [-0.15, -0.1) is 0 Å². The molecule has 1 saturated heterocycles. The molecule has 0 spiro atoms. The minimum Gasteiger partial charge on any atom is -0.398 e. The van der Waals surface area contributed by atoms with E-state index in [1.54, 1.807) is 16.4 Å². The maximum Gasteiger partial charge on any atom is 0.243 e. The normalized spacial score (nSPS) is 20.1. The molecule has 1 aliphatic heterocycles. The molecule has 0 aliphatic carbocycles. The SMILES string of the molecule is CCc1ccc(S(=O)(=O)N2CCSC(C)(C)CC2)cc1N. The van der Waals surface area contributed by atoms with Crippen LogP contribution in [0.25, 0.3) is 0 Å². The number of sulfonamides is 1. The Morgan fingerprint density at radius 1 is 1.33 bits per heavy atom. The van der Waals surface area contributed by atoms with Gasteiger partial charge in [-0.3, -0.25) is 0 Å². The maximum absolute atomic E-state index is 12.8. The first-order valence-corrected chi connectivity index (χ1v) is 9.71. The number of nitrogens with two attached hydrogens (primary N) is 1. The molecule has 21 heavy (non-hydrogen) atoms. The fourth-order valence-electron chi connectivity index (χ4n) is 2.45. The lowest BCUT2D eigenvalue weighted by Gasteiger charge is -2.22. The highest BCUT2D eigenvalue weighted by molar-refractivity contribution is 8.00. The van der Waals surface area contributed by atoms with Crippen molar-refractivity contribution in [3.63, 3.8) is 0 Å². The molecule has 1 fully saturated rings. The Bertz CT molecular complexity index is 612. The number of hydrogen-bond donors (Lipinski definition) is 1. The molecule has 6 heteroatoms. The van der Waals surface area contributed by atoms with Crippen LogP contribution >= 0.6 is 11.8 Å². The number of benzene rings is 1. The Kier molecular flexibility index (Phi) is 4.90. The van der Waals surface area contributed by atoms with E-state index in [4.69, 9.17) is 5.73 Å². The molecule has 0 atom stereocenters. The molecule has 2 N–H and O–H groups in total. The number of anilines is 1. The quantitative estimate of drug-likeness (QED) is 0.867. The van der Waals surface area contributed by atoms with Crippen molar-refractivity contribution in [1.82, 2.24) is 4.31 Å². The minimum atomic E-state index is -3.44. The summed E-state index contributed by atoms with van der Waals surface area (Å²) in [7, 11) is -3.44. The highest BCUT2D eigenvalue weighted by Gasteiger charge is 2.30. The van der Waals surface area contributed by atoms with E-state index in [1.807, 2.05) is 24.8 Å². The molecule has 0 radical (unpaired) electrons. The highest BCUT2D eigenvalue weighted by atomic mass is 32.2. The maximum atomic E-state index is 12.8. The predicted octanol–water partition coefficient (Wildman–Crippen LogP) is 2.74. The van der Waals surface area contributed by atoms with Crippen LogP contribution in [-0.4, -0.2) is 36.3 Å². The molecule has 1 heterocycles. The van der Waals surface area contributed by atoms with Gasteiger partial charge in [0.2, 0.25) is 10.0 Å². The molecule has 0 saturated carbocycles. The van der Waals surface area contributed by atoms with Gasteiger partial charge in [0, 0.05) is 29.3 Å². The van der Waals surface area contributed by atoms with Gasteiger partial charge in [-0.1, -0.05) is 26.8 Å². The predicted molar refractivity (Wildman–Crippen MR) is 90.1 cm³/mol. The fourth-order valence-corrected chi connectivity index (χ4v) is 5.14. The van der Waals surface area contributed by atoms with Crippen molar-refractivity contribution in [1.29, 1.82) is 0 Å². The van der Waals surface area contributed by atoms with Crippen LogP contribution in [-0.2, 0) is 16.4 Å². The average Bonchev–Trinajstić information content (AvgIpc) is 2.60. The van der Waals surface area contributed by atoms with Crippen LogP contribution in [0.15, 0.2) is 23.1 Å². The Balaban J connectivity index is 2.27.